The molecule has 0 saturated carbocycles. The predicted octanol–water partition coefficient (Wildman–Crippen LogP) is 3.08. The van der Waals surface area contributed by atoms with E-state index in [1.807, 2.05) is 0 Å². The lowest BCUT2D eigenvalue weighted by molar-refractivity contribution is 0.199. The number of fused-ring (bicyclic) bond motifs is 1. The van der Waals surface area contributed by atoms with Gasteiger partial charge in [0.1, 0.15) is 11.3 Å². The maximum atomic E-state index is 13.3. The van der Waals surface area contributed by atoms with Gasteiger partial charge in [0, 0.05) is 17.1 Å². The summed E-state index contributed by atoms with van der Waals surface area (Å²) in [5, 5.41) is 10.3. The Hall–Kier alpha value is -1.19. The Morgan fingerprint density at radius 1 is 1.47 bits per heavy atom. The summed E-state index contributed by atoms with van der Waals surface area (Å²) in [5.74, 6) is -0.411. The van der Waals surface area contributed by atoms with Crippen molar-refractivity contribution in [1.29, 1.82) is 0 Å². The average molecular weight is 226 g/mol. The highest BCUT2D eigenvalue weighted by Gasteiger charge is 2.12. The van der Waals surface area contributed by atoms with Gasteiger partial charge in [-0.2, -0.15) is 0 Å². The van der Waals surface area contributed by atoms with Crippen molar-refractivity contribution in [2.24, 2.45) is 0 Å². The minimum absolute atomic E-state index is 0.229. The first-order valence-electron chi connectivity index (χ1n) is 4.52. The largest absolute Gasteiger partial charge is 0.389 e. The highest BCUT2D eigenvalue weighted by Crippen LogP contribution is 2.30. The summed E-state index contributed by atoms with van der Waals surface area (Å²) in [6.07, 6.45) is 0.691. The average Bonchev–Trinajstić information content (AvgIpc) is 2.19. The molecule has 0 radical (unpaired) electrons. The van der Waals surface area contributed by atoms with Crippen LogP contribution in [0.15, 0.2) is 24.4 Å². The molecule has 1 unspecified atom stereocenters. The molecule has 0 amide bonds. The van der Waals surface area contributed by atoms with Gasteiger partial charge in [-0.25, -0.2) is 4.39 Å². The molecule has 4 heteroatoms. The number of rotatable bonds is 1. The fourth-order valence-corrected chi connectivity index (χ4v) is 1.82. The second kappa shape index (κ2) is 3.76. The quantitative estimate of drug-likeness (QED) is 0.809. The van der Waals surface area contributed by atoms with Crippen LogP contribution in [-0.2, 0) is 0 Å². The molecule has 0 fully saturated rings. The van der Waals surface area contributed by atoms with Crippen molar-refractivity contribution >= 4 is 22.5 Å². The van der Waals surface area contributed by atoms with Crippen LogP contribution in [0, 0.1) is 5.82 Å². The lowest BCUT2D eigenvalue weighted by Crippen LogP contribution is -1.95. The van der Waals surface area contributed by atoms with Crippen LogP contribution in [0.2, 0.25) is 5.02 Å². The first-order chi connectivity index (χ1) is 7.11. The lowest BCUT2D eigenvalue weighted by atomic mass is 10.1. The van der Waals surface area contributed by atoms with Gasteiger partial charge in [-0.1, -0.05) is 23.7 Å². The number of pyridine rings is 1. The van der Waals surface area contributed by atoms with Crippen molar-refractivity contribution in [3.05, 3.63) is 40.8 Å². The molecular formula is C11H9ClFNO. The van der Waals surface area contributed by atoms with E-state index < -0.39 is 11.9 Å². The van der Waals surface area contributed by atoms with Crippen molar-refractivity contribution < 1.29 is 9.50 Å². The summed E-state index contributed by atoms with van der Waals surface area (Å²) < 4.78 is 13.3. The Kier molecular flexibility index (Phi) is 2.59. The molecule has 0 bridgehead atoms. The van der Waals surface area contributed by atoms with Gasteiger partial charge in [0.05, 0.1) is 11.1 Å². The topological polar surface area (TPSA) is 33.1 Å². The third-order valence-electron chi connectivity index (χ3n) is 2.26. The number of aromatic nitrogens is 1. The van der Waals surface area contributed by atoms with E-state index in [-0.39, 0.29) is 5.52 Å². The Morgan fingerprint density at radius 3 is 2.87 bits per heavy atom. The molecule has 0 aliphatic rings. The number of para-hydroxylation sites is 1. The number of aliphatic hydroxyl groups excluding tert-OH is 1. The zero-order chi connectivity index (χ0) is 11.0. The summed E-state index contributed by atoms with van der Waals surface area (Å²) in [4.78, 5) is 3.94. The number of benzene rings is 1. The Labute approximate surface area is 91.3 Å². The maximum Gasteiger partial charge on any atom is 0.149 e. The molecule has 0 aliphatic heterocycles. The minimum Gasteiger partial charge on any atom is -0.389 e. The van der Waals surface area contributed by atoms with Crippen molar-refractivity contribution in [3.8, 4) is 0 Å². The fourth-order valence-electron chi connectivity index (χ4n) is 1.46. The molecule has 1 atom stereocenters. The van der Waals surface area contributed by atoms with E-state index in [1.54, 1.807) is 19.1 Å². The van der Waals surface area contributed by atoms with Crippen LogP contribution in [0.1, 0.15) is 18.6 Å². The van der Waals surface area contributed by atoms with Crippen LogP contribution < -0.4 is 0 Å². The fraction of sp³-hybridized carbons (Fsp3) is 0.182. The highest BCUT2D eigenvalue weighted by molar-refractivity contribution is 6.36. The molecular weight excluding hydrogens is 217 g/mol. The molecule has 2 nitrogen and oxygen atoms in total. The normalized spacial score (nSPS) is 13.1. The predicted molar refractivity (Wildman–Crippen MR) is 57.3 cm³/mol. The van der Waals surface area contributed by atoms with Crippen LogP contribution in [0.5, 0.6) is 0 Å². The van der Waals surface area contributed by atoms with Gasteiger partial charge in [0.2, 0.25) is 0 Å². The van der Waals surface area contributed by atoms with Crippen LogP contribution in [0.25, 0.3) is 10.9 Å². The molecule has 1 heterocycles. The van der Waals surface area contributed by atoms with E-state index in [0.717, 1.165) is 0 Å². The van der Waals surface area contributed by atoms with Crippen LogP contribution in [0.4, 0.5) is 4.39 Å². The molecule has 15 heavy (non-hydrogen) atoms. The molecule has 2 aromatic rings. The van der Waals surface area contributed by atoms with Gasteiger partial charge in [-0.3, -0.25) is 4.98 Å². The Bertz CT molecular complexity index is 513. The number of hydrogen-bond donors (Lipinski definition) is 1. The molecule has 2 rings (SSSR count). The molecule has 78 valence electrons. The Balaban J connectivity index is 2.80. The molecule has 0 spiro atoms. The maximum absolute atomic E-state index is 13.3. The lowest BCUT2D eigenvalue weighted by Gasteiger charge is -2.09. The highest BCUT2D eigenvalue weighted by atomic mass is 35.5. The number of hydrogen-bond acceptors (Lipinski definition) is 2. The Morgan fingerprint density at radius 2 is 2.20 bits per heavy atom. The van der Waals surface area contributed by atoms with E-state index in [1.165, 1.54) is 12.3 Å². The molecule has 0 saturated heterocycles. The third kappa shape index (κ3) is 1.68. The van der Waals surface area contributed by atoms with Crippen molar-refractivity contribution in [3.63, 3.8) is 0 Å². The van der Waals surface area contributed by atoms with Crippen molar-refractivity contribution in [1.82, 2.24) is 4.98 Å². The van der Waals surface area contributed by atoms with Crippen LogP contribution in [0.3, 0.4) is 0 Å². The first kappa shape index (κ1) is 10.3. The standard InChI is InChI=1S/C11H9ClFNO/c1-6(15)8-5-14-11-7(10(8)12)3-2-4-9(11)13/h2-6,15H,1H3. The van der Waals surface area contributed by atoms with E-state index in [2.05, 4.69) is 4.98 Å². The zero-order valence-corrected chi connectivity index (χ0v) is 8.79. The molecule has 0 aliphatic carbocycles. The van der Waals surface area contributed by atoms with Gasteiger partial charge in [0.25, 0.3) is 0 Å². The van der Waals surface area contributed by atoms with Gasteiger partial charge in [0.15, 0.2) is 0 Å². The minimum atomic E-state index is -0.710. The molecule has 1 aromatic carbocycles. The van der Waals surface area contributed by atoms with Crippen LogP contribution in [-0.4, -0.2) is 10.1 Å². The molecule has 1 aromatic heterocycles. The van der Waals surface area contributed by atoms with Crippen molar-refractivity contribution in [2.45, 2.75) is 13.0 Å². The SMILES string of the molecule is CC(O)c1cnc2c(F)cccc2c1Cl. The number of aliphatic hydroxyl groups is 1. The summed E-state index contributed by atoms with van der Waals surface area (Å²) in [7, 11) is 0. The van der Waals surface area contributed by atoms with E-state index in [0.29, 0.717) is 16.0 Å². The zero-order valence-electron chi connectivity index (χ0n) is 8.04. The van der Waals surface area contributed by atoms with Crippen LogP contribution >= 0.6 is 11.6 Å². The van der Waals surface area contributed by atoms with Crippen molar-refractivity contribution in [2.75, 3.05) is 0 Å². The first-order valence-corrected chi connectivity index (χ1v) is 4.89. The third-order valence-corrected chi connectivity index (χ3v) is 2.68. The number of halogens is 2. The van der Waals surface area contributed by atoms with Gasteiger partial charge in [-0.05, 0) is 13.0 Å². The number of nitrogens with zero attached hydrogens (tertiary/aromatic N) is 1. The summed E-state index contributed by atoms with van der Waals surface area (Å²) in [6, 6.07) is 4.57. The van der Waals surface area contributed by atoms with Gasteiger partial charge >= 0.3 is 0 Å². The molecule has 1 N–H and O–H groups in total. The van der Waals surface area contributed by atoms with E-state index in [4.69, 9.17) is 11.6 Å². The van der Waals surface area contributed by atoms with Gasteiger partial charge in [-0.15, -0.1) is 0 Å². The summed E-state index contributed by atoms with van der Waals surface area (Å²) in [5.41, 5.74) is 0.738. The second-order valence-electron chi connectivity index (χ2n) is 3.34. The second-order valence-corrected chi connectivity index (χ2v) is 3.72. The smallest absolute Gasteiger partial charge is 0.149 e. The van der Waals surface area contributed by atoms with E-state index >= 15 is 0 Å². The monoisotopic (exact) mass is 225 g/mol. The summed E-state index contributed by atoms with van der Waals surface area (Å²) in [6.45, 7) is 1.59. The summed E-state index contributed by atoms with van der Waals surface area (Å²) >= 11 is 6.04. The van der Waals surface area contributed by atoms with E-state index in [9.17, 15) is 9.50 Å². The van der Waals surface area contributed by atoms with Gasteiger partial charge < -0.3 is 5.11 Å².